The van der Waals surface area contributed by atoms with E-state index in [1.54, 1.807) is 13.0 Å². The molecule has 138 valence electrons. The first kappa shape index (κ1) is 16.9. The molecule has 1 saturated carbocycles. The number of nitrogens with zero attached hydrogens (tertiary/aromatic N) is 1. The van der Waals surface area contributed by atoms with Crippen LogP contribution in [0.25, 0.3) is 0 Å². The minimum absolute atomic E-state index is 0.175. The van der Waals surface area contributed by atoms with Crippen LogP contribution in [0.3, 0.4) is 0 Å². The van der Waals surface area contributed by atoms with E-state index in [-0.39, 0.29) is 30.9 Å². The Morgan fingerprint density at radius 3 is 2.73 bits per heavy atom. The van der Waals surface area contributed by atoms with Crippen molar-refractivity contribution in [3.05, 3.63) is 23.8 Å². The second kappa shape index (κ2) is 6.30. The van der Waals surface area contributed by atoms with Crippen molar-refractivity contribution in [1.29, 1.82) is 0 Å². The molecule has 0 bridgehead atoms. The van der Waals surface area contributed by atoms with Gasteiger partial charge in [0.25, 0.3) is 0 Å². The fourth-order valence-corrected chi connectivity index (χ4v) is 4.16. The Kier molecular flexibility index (Phi) is 4.09. The zero-order valence-corrected chi connectivity index (χ0v) is 14.7. The number of fused-ring (bicyclic) bond motifs is 1. The smallest absolute Gasteiger partial charge is 0.243 e. The molecule has 0 aromatic heterocycles. The third-order valence-corrected chi connectivity index (χ3v) is 5.66. The van der Waals surface area contributed by atoms with E-state index in [0.717, 1.165) is 31.2 Å². The van der Waals surface area contributed by atoms with Gasteiger partial charge in [0.1, 0.15) is 6.04 Å². The van der Waals surface area contributed by atoms with Crippen LogP contribution in [0.4, 0.5) is 0 Å². The molecule has 26 heavy (non-hydrogen) atoms. The van der Waals surface area contributed by atoms with E-state index < -0.39 is 11.5 Å². The number of ether oxygens (including phenoxy) is 2. The summed E-state index contributed by atoms with van der Waals surface area (Å²) in [5.74, 6) is 0.592. The highest BCUT2D eigenvalue weighted by molar-refractivity contribution is 6.08. The molecular weight excluding hydrogens is 336 g/mol. The van der Waals surface area contributed by atoms with Crippen LogP contribution in [0.15, 0.2) is 18.2 Å². The molecule has 1 saturated heterocycles. The molecule has 1 aliphatic carbocycles. The SMILES string of the molecule is CC(C(=O)NCc1ccc2c(c1)OCO2)N1C(=O)CC2(CCCC2)C1=O. The fourth-order valence-electron chi connectivity index (χ4n) is 4.16. The molecule has 1 aromatic rings. The van der Waals surface area contributed by atoms with Gasteiger partial charge >= 0.3 is 0 Å². The van der Waals surface area contributed by atoms with Crippen molar-refractivity contribution in [2.24, 2.45) is 5.41 Å². The van der Waals surface area contributed by atoms with Crippen molar-refractivity contribution >= 4 is 17.7 Å². The molecule has 4 rings (SSSR count). The number of amides is 3. The van der Waals surface area contributed by atoms with Crippen LogP contribution in [0.1, 0.15) is 44.6 Å². The zero-order valence-electron chi connectivity index (χ0n) is 14.7. The molecule has 1 atom stereocenters. The van der Waals surface area contributed by atoms with Crippen LogP contribution in [0, 0.1) is 5.41 Å². The van der Waals surface area contributed by atoms with Gasteiger partial charge in [0, 0.05) is 13.0 Å². The molecule has 0 radical (unpaired) electrons. The third-order valence-electron chi connectivity index (χ3n) is 5.66. The summed E-state index contributed by atoms with van der Waals surface area (Å²) < 4.78 is 10.6. The number of carbonyl (C=O) groups excluding carboxylic acids is 3. The number of hydrogen-bond donors (Lipinski definition) is 1. The summed E-state index contributed by atoms with van der Waals surface area (Å²) >= 11 is 0. The van der Waals surface area contributed by atoms with Crippen LogP contribution in [0.5, 0.6) is 11.5 Å². The molecule has 2 aliphatic heterocycles. The van der Waals surface area contributed by atoms with Gasteiger partial charge < -0.3 is 14.8 Å². The van der Waals surface area contributed by atoms with E-state index in [2.05, 4.69) is 5.32 Å². The predicted molar refractivity (Wildman–Crippen MR) is 91.2 cm³/mol. The molecule has 1 spiro atoms. The standard InChI is InChI=1S/C19H22N2O5/c1-12(21-16(22)9-19(18(21)24)6-2-3-7-19)17(23)20-10-13-4-5-14-15(8-13)26-11-25-14/h4-5,8,12H,2-3,6-7,9-11H2,1H3,(H,20,23). The van der Waals surface area contributed by atoms with E-state index in [0.29, 0.717) is 18.0 Å². The molecular formula is C19H22N2O5. The first-order valence-corrected chi connectivity index (χ1v) is 9.03. The van der Waals surface area contributed by atoms with E-state index in [1.807, 2.05) is 12.1 Å². The van der Waals surface area contributed by atoms with Gasteiger partial charge in [-0.15, -0.1) is 0 Å². The lowest BCUT2D eigenvalue weighted by atomic mass is 9.84. The van der Waals surface area contributed by atoms with Crippen LogP contribution >= 0.6 is 0 Å². The fraction of sp³-hybridized carbons (Fsp3) is 0.526. The first-order valence-electron chi connectivity index (χ1n) is 9.03. The predicted octanol–water partition coefficient (Wildman–Crippen LogP) is 1.74. The molecule has 1 unspecified atom stereocenters. The maximum atomic E-state index is 12.8. The summed E-state index contributed by atoms with van der Waals surface area (Å²) in [6, 6.07) is 4.65. The average molecular weight is 358 g/mol. The van der Waals surface area contributed by atoms with Crippen LogP contribution in [-0.2, 0) is 20.9 Å². The molecule has 2 heterocycles. The Morgan fingerprint density at radius 2 is 1.96 bits per heavy atom. The molecule has 1 aromatic carbocycles. The van der Waals surface area contributed by atoms with Gasteiger partial charge in [0.2, 0.25) is 24.5 Å². The minimum Gasteiger partial charge on any atom is -0.454 e. The molecule has 2 fully saturated rings. The number of likely N-dealkylation sites (tertiary alicyclic amines) is 1. The maximum Gasteiger partial charge on any atom is 0.243 e. The number of hydrogen-bond acceptors (Lipinski definition) is 5. The van der Waals surface area contributed by atoms with Crippen molar-refractivity contribution in [3.8, 4) is 11.5 Å². The lowest BCUT2D eigenvalue weighted by Gasteiger charge is -2.25. The molecule has 7 nitrogen and oxygen atoms in total. The summed E-state index contributed by atoms with van der Waals surface area (Å²) in [6.45, 7) is 2.10. The monoisotopic (exact) mass is 358 g/mol. The number of rotatable bonds is 4. The summed E-state index contributed by atoms with van der Waals surface area (Å²) in [7, 11) is 0. The van der Waals surface area contributed by atoms with Crippen molar-refractivity contribution in [2.45, 2.75) is 51.6 Å². The number of carbonyl (C=O) groups is 3. The van der Waals surface area contributed by atoms with Gasteiger partial charge in [-0.05, 0) is 37.5 Å². The summed E-state index contributed by atoms with van der Waals surface area (Å²) in [5, 5.41) is 2.81. The Balaban J connectivity index is 1.40. The Morgan fingerprint density at radius 1 is 1.23 bits per heavy atom. The van der Waals surface area contributed by atoms with E-state index >= 15 is 0 Å². The molecule has 1 N–H and O–H groups in total. The highest BCUT2D eigenvalue weighted by Gasteiger charge is 2.54. The van der Waals surface area contributed by atoms with Crippen molar-refractivity contribution in [1.82, 2.24) is 10.2 Å². The second-order valence-electron chi connectivity index (χ2n) is 7.31. The van der Waals surface area contributed by atoms with Crippen LogP contribution in [-0.4, -0.2) is 35.5 Å². The second-order valence-corrected chi connectivity index (χ2v) is 7.31. The average Bonchev–Trinajstić information content (AvgIpc) is 3.33. The number of imide groups is 1. The Bertz CT molecular complexity index is 769. The van der Waals surface area contributed by atoms with Gasteiger partial charge in [-0.1, -0.05) is 18.9 Å². The van der Waals surface area contributed by atoms with Gasteiger partial charge in [-0.3, -0.25) is 19.3 Å². The normalized spacial score (nSPS) is 21.5. The summed E-state index contributed by atoms with van der Waals surface area (Å²) in [6.07, 6.45) is 3.68. The van der Waals surface area contributed by atoms with Crippen molar-refractivity contribution in [3.63, 3.8) is 0 Å². The minimum atomic E-state index is -0.802. The van der Waals surface area contributed by atoms with Crippen molar-refractivity contribution < 1.29 is 23.9 Å². The summed E-state index contributed by atoms with van der Waals surface area (Å²) in [5.41, 5.74) is 0.310. The first-order chi connectivity index (χ1) is 12.5. The van der Waals surface area contributed by atoms with Gasteiger partial charge in [0.05, 0.1) is 5.41 Å². The number of benzene rings is 1. The lowest BCUT2D eigenvalue weighted by molar-refractivity contribution is -0.148. The Hall–Kier alpha value is -2.57. The molecule has 3 amide bonds. The topological polar surface area (TPSA) is 84.9 Å². The van der Waals surface area contributed by atoms with Crippen LogP contribution in [0.2, 0.25) is 0 Å². The highest BCUT2D eigenvalue weighted by Crippen LogP contribution is 2.47. The van der Waals surface area contributed by atoms with E-state index in [4.69, 9.17) is 9.47 Å². The largest absolute Gasteiger partial charge is 0.454 e. The third kappa shape index (κ3) is 2.71. The van der Waals surface area contributed by atoms with Gasteiger partial charge in [-0.2, -0.15) is 0 Å². The van der Waals surface area contributed by atoms with Crippen LogP contribution < -0.4 is 14.8 Å². The van der Waals surface area contributed by atoms with Gasteiger partial charge in [0.15, 0.2) is 11.5 Å². The highest BCUT2D eigenvalue weighted by atomic mass is 16.7. The lowest BCUT2D eigenvalue weighted by Crippen LogP contribution is -2.48. The van der Waals surface area contributed by atoms with E-state index in [9.17, 15) is 14.4 Å². The quantitative estimate of drug-likeness (QED) is 0.829. The Labute approximate surface area is 151 Å². The van der Waals surface area contributed by atoms with Gasteiger partial charge in [-0.25, -0.2) is 0 Å². The summed E-state index contributed by atoms with van der Waals surface area (Å²) in [4.78, 5) is 38.9. The van der Waals surface area contributed by atoms with E-state index in [1.165, 1.54) is 4.90 Å². The molecule has 3 aliphatic rings. The maximum absolute atomic E-state index is 12.8. The molecule has 7 heteroatoms. The zero-order chi connectivity index (χ0) is 18.3. The number of nitrogens with one attached hydrogen (secondary N) is 1. The van der Waals surface area contributed by atoms with Crippen molar-refractivity contribution in [2.75, 3.05) is 6.79 Å².